The molecule has 0 aliphatic heterocycles. The Morgan fingerprint density at radius 3 is 2.23 bits per heavy atom. The maximum atomic E-state index is 9.56. The molecule has 0 amide bonds. The smallest absolute Gasteiger partial charge is 0.192 e. The lowest BCUT2D eigenvalue weighted by atomic mass is 9.99. The molecule has 13 heavy (non-hydrogen) atoms. The van der Waals surface area contributed by atoms with Gasteiger partial charge in [-0.25, -0.2) is 0 Å². The molecule has 0 bridgehead atoms. The predicted octanol–water partition coefficient (Wildman–Crippen LogP) is 2.73. The fraction of sp³-hybridized carbons (Fsp3) is 0.400. The predicted molar refractivity (Wildman–Crippen MR) is 61.1 cm³/mol. The molecule has 1 aromatic rings. The SMILES string of the molecule is CC(C)(O)Cc1ccc(OI)cc1. The van der Waals surface area contributed by atoms with Crippen molar-refractivity contribution in [3.8, 4) is 5.75 Å². The third-order valence-corrected chi connectivity index (χ3v) is 2.16. The van der Waals surface area contributed by atoms with Crippen LogP contribution in [0.3, 0.4) is 0 Å². The quantitative estimate of drug-likeness (QED) is 0.868. The molecule has 1 aromatic carbocycles. The van der Waals surface area contributed by atoms with Gasteiger partial charge in [-0.05, 0) is 31.5 Å². The van der Waals surface area contributed by atoms with E-state index in [1.54, 1.807) is 13.8 Å². The zero-order chi connectivity index (χ0) is 9.90. The van der Waals surface area contributed by atoms with E-state index in [0.717, 1.165) is 11.3 Å². The summed E-state index contributed by atoms with van der Waals surface area (Å²) in [6.07, 6.45) is 0.661. The Hall–Kier alpha value is -0.290. The molecule has 72 valence electrons. The molecule has 0 fully saturated rings. The van der Waals surface area contributed by atoms with E-state index >= 15 is 0 Å². The molecular weight excluding hydrogens is 279 g/mol. The highest BCUT2D eigenvalue weighted by molar-refractivity contribution is 14.1. The van der Waals surface area contributed by atoms with Crippen LogP contribution in [-0.4, -0.2) is 10.7 Å². The summed E-state index contributed by atoms with van der Waals surface area (Å²) in [4.78, 5) is 0. The minimum atomic E-state index is -0.646. The van der Waals surface area contributed by atoms with Crippen molar-refractivity contribution in [2.75, 3.05) is 0 Å². The van der Waals surface area contributed by atoms with E-state index in [2.05, 4.69) is 0 Å². The minimum Gasteiger partial charge on any atom is -0.428 e. The summed E-state index contributed by atoms with van der Waals surface area (Å²) in [6.45, 7) is 3.60. The van der Waals surface area contributed by atoms with Gasteiger partial charge >= 0.3 is 0 Å². The van der Waals surface area contributed by atoms with Gasteiger partial charge in [0.25, 0.3) is 0 Å². The van der Waals surface area contributed by atoms with Gasteiger partial charge in [-0.2, -0.15) is 0 Å². The lowest BCUT2D eigenvalue weighted by Crippen LogP contribution is -2.21. The van der Waals surface area contributed by atoms with E-state index < -0.39 is 5.60 Å². The molecule has 0 aliphatic carbocycles. The molecule has 0 heterocycles. The van der Waals surface area contributed by atoms with Gasteiger partial charge < -0.3 is 8.17 Å². The summed E-state index contributed by atoms with van der Waals surface area (Å²) < 4.78 is 5.01. The third-order valence-electron chi connectivity index (χ3n) is 1.65. The fourth-order valence-corrected chi connectivity index (χ4v) is 1.45. The topological polar surface area (TPSA) is 29.5 Å². The highest BCUT2D eigenvalue weighted by Crippen LogP contribution is 2.17. The molecule has 0 aromatic heterocycles. The van der Waals surface area contributed by atoms with E-state index in [9.17, 15) is 5.11 Å². The van der Waals surface area contributed by atoms with E-state index in [1.807, 2.05) is 47.3 Å². The van der Waals surface area contributed by atoms with Gasteiger partial charge in [0.15, 0.2) is 23.0 Å². The molecule has 0 saturated carbocycles. The van der Waals surface area contributed by atoms with Gasteiger partial charge in [-0.1, -0.05) is 12.1 Å². The number of benzene rings is 1. The molecule has 0 spiro atoms. The first kappa shape index (κ1) is 10.8. The monoisotopic (exact) mass is 292 g/mol. The van der Waals surface area contributed by atoms with Crippen molar-refractivity contribution in [2.45, 2.75) is 25.9 Å². The molecular formula is C10H13IO2. The fourth-order valence-electron chi connectivity index (χ4n) is 1.16. The van der Waals surface area contributed by atoms with Crippen LogP contribution in [-0.2, 0) is 6.42 Å². The standard InChI is InChI=1S/C10H13IO2/c1-10(2,12)7-8-3-5-9(13-11)6-4-8/h3-6,12H,7H2,1-2H3. The summed E-state index contributed by atoms with van der Waals surface area (Å²) in [6, 6.07) is 7.72. The first-order chi connectivity index (χ1) is 6.01. The average molecular weight is 292 g/mol. The number of halogens is 1. The average Bonchev–Trinajstić information content (AvgIpc) is 2.03. The summed E-state index contributed by atoms with van der Waals surface area (Å²) in [7, 11) is 0. The highest BCUT2D eigenvalue weighted by Gasteiger charge is 2.12. The number of rotatable bonds is 3. The van der Waals surface area contributed by atoms with Gasteiger partial charge in [0.05, 0.1) is 5.60 Å². The zero-order valence-electron chi connectivity index (χ0n) is 7.75. The zero-order valence-corrected chi connectivity index (χ0v) is 9.91. The summed E-state index contributed by atoms with van der Waals surface area (Å²) in [5.74, 6) is 0.833. The molecule has 0 atom stereocenters. The van der Waals surface area contributed by atoms with E-state index in [1.165, 1.54) is 0 Å². The van der Waals surface area contributed by atoms with Crippen molar-refractivity contribution in [1.82, 2.24) is 0 Å². The highest BCUT2D eigenvalue weighted by atomic mass is 127. The normalized spacial score (nSPS) is 11.4. The van der Waals surface area contributed by atoms with Crippen LogP contribution < -0.4 is 3.07 Å². The second-order valence-electron chi connectivity index (χ2n) is 3.71. The van der Waals surface area contributed by atoms with Crippen molar-refractivity contribution < 1.29 is 8.17 Å². The van der Waals surface area contributed by atoms with Gasteiger partial charge in [0.2, 0.25) is 0 Å². The van der Waals surface area contributed by atoms with E-state index in [4.69, 9.17) is 3.07 Å². The Balaban J connectivity index is 2.70. The third kappa shape index (κ3) is 3.95. The minimum absolute atomic E-state index is 0.646. The van der Waals surface area contributed by atoms with Crippen LogP contribution in [0, 0.1) is 0 Å². The molecule has 0 saturated heterocycles. The Kier molecular flexibility index (Phi) is 3.55. The molecule has 1 N–H and O–H groups in total. The Labute approximate surface area is 92.6 Å². The van der Waals surface area contributed by atoms with Crippen LogP contribution in [0.5, 0.6) is 5.75 Å². The Bertz CT molecular complexity index is 261. The summed E-state index contributed by atoms with van der Waals surface area (Å²) in [5, 5.41) is 9.56. The molecule has 0 unspecified atom stereocenters. The van der Waals surface area contributed by atoms with Gasteiger partial charge in [0, 0.05) is 6.42 Å². The van der Waals surface area contributed by atoms with Gasteiger partial charge in [-0.15, -0.1) is 0 Å². The summed E-state index contributed by atoms with van der Waals surface area (Å²) >= 11 is 1.84. The first-order valence-electron chi connectivity index (χ1n) is 4.11. The van der Waals surface area contributed by atoms with Crippen LogP contribution in [0.15, 0.2) is 24.3 Å². The molecule has 3 heteroatoms. The van der Waals surface area contributed by atoms with E-state index in [0.29, 0.717) is 6.42 Å². The van der Waals surface area contributed by atoms with Crippen molar-refractivity contribution in [2.24, 2.45) is 0 Å². The molecule has 0 radical (unpaired) electrons. The van der Waals surface area contributed by atoms with Crippen LogP contribution in [0.4, 0.5) is 0 Å². The van der Waals surface area contributed by atoms with Crippen LogP contribution >= 0.6 is 23.0 Å². The Morgan fingerprint density at radius 1 is 1.31 bits per heavy atom. The van der Waals surface area contributed by atoms with Crippen LogP contribution in [0.25, 0.3) is 0 Å². The van der Waals surface area contributed by atoms with Crippen LogP contribution in [0.2, 0.25) is 0 Å². The van der Waals surface area contributed by atoms with Crippen molar-refractivity contribution >= 4 is 23.0 Å². The molecule has 1 rings (SSSR count). The molecule has 0 aliphatic rings. The van der Waals surface area contributed by atoms with E-state index in [-0.39, 0.29) is 0 Å². The second kappa shape index (κ2) is 4.28. The van der Waals surface area contributed by atoms with Gasteiger partial charge in [0.1, 0.15) is 5.75 Å². The maximum Gasteiger partial charge on any atom is 0.192 e. The second-order valence-corrected chi connectivity index (χ2v) is 4.15. The van der Waals surface area contributed by atoms with Crippen LogP contribution in [0.1, 0.15) is 19.4 Å². The first-order valence-corrected chi connectivity index (χ1v) is 4.99. The Morgan fingerprint density at radius 2 is 1.85 bits per heavy atom. The number of hydrogen-bond donors (Lipinski definition) is 1. The number of hydrogen-bond acceptors (Lipinski definition) is 2. The lowest BCUT2D eigenvalue weighted by molar-refractivity contribution is 0.0810. The summed E-state index contributed by atoms with van der Waals surface area (Å²) in [5.41, 5.74) is 0.469. The maximum absolute atomic E-state index is 9.56. The molecule has 2 nitrogen and oxygen atoms in total. The van der Waals surface area contributed by atoms with Crippen molar-refractivity contribution in [3.05, 3.63) is 29.8 Å². The van der Waals surface area contributed by atoms with Crippen molar-refractivity contribution in [3.63, 3.8) is 0 Å². The lowest BCUT2D eigenvalue weighted by Gasteiger charge is -2.16. The van der Waals surface area contributed by atoms with Gasteiger partial charge in [-0.3, -0.25) is 0 Å². The number of aliphatic hydroxyl groups is 1. The van der Waals surface area contributed by atoms with Crippen molar-refractivity contribution in [1.29, 1.82) is 0 Å². The largest absolute Gasteiger partial charge is 0.428 e.